The van der Waals surface area contributed by atoms with Crippen LogP contribution in [0.3, 0.4) is 0 Å². The number of nitrogens with one attached hydrogen (secondary N) is 1. The van der Waals surface area contributed by atoms with Crippen LogP contribution in [0.4, 0.5) is 5.69 Å². The molecule has 1 N–H and O–H groups in total. The first-order chi connectivity index (χ1) is 19.5. The van der Waals surface area contributed by atoms with Crippen LogP contribution in [0.1, 0.15) is 106 Å². The van der Waals surface area contributed by atoms with Crippen molar-refractivity contribution >= 4 is 22.7 Å². The summed E-state index contributed by atoms with van der Waals surface area (Å²) >= 11 is 0. The molecule has 0 bridgehead atoms. The predicted octanol–water partition coefficient (Wildman–Crippen LogP) is 7.21. The Hall–Kier alpha value is -3.33. The first kappa shape index (κ1) is 29.6. The number of rotatable bonds is 12. The van der Waals surface area contributed by atoms with Gasteiger partial charge in [0.05, 0.1) is 0 Å². The molecule has 0 unspecified atom stereocenters. The van der Waals surface area contributed by atoms with Gasteiger partial charge in [0.25, 0.3) is 5.91 Å². The summed E-state index contributed by atoms with van der Waals surface area (Å²) in [6.07, 6.45) is 6.42. The second kappa shape index (κ2) is 13.8. The van der Waals surface area contributed by atoms with Crippen molar-refractivity contribution in [2.45, 2.75) is 80.1 Å². The Kier molecular flexibility index (Phi) is 10.3. The molecule has 0 aliphatic heterocycles. The van der Waals surface area contributed by atoms with Crippen LogP contribution in [0.15, 0.2) is 60.7 Å². The zero-order chi connectivity index (χ0) is 28.6. The molecule has 1 amide bonds. The average Bonchev–Trinajstić information content (AvgIpc) is 2.99. The number of hydrogen-bond donors (Lipinski definition) is 1. The molecule has 40 heavy (non-hydrogen) atoms. The zero-order valence-corrected chi connectivity index (χ0v) is 25.6. The molecule has 0 aromatic heterocycles. The van der Waals surface area contributed by atoms with Crippen LogP contribution in [0.2, 0.25) is 0 Å². The van der Waals surface area contributed by atoms with Gasteiger partial charge in [0, 0.05) is 30.9 Å². The van der Waals surface area contributed by atoms with E-state index in [4.69, 9.17) is 0 Å². The maximum atomic E-state index is 13.2. The van der Waals surface area contributed by atoms with Gasteiger partial charge in [-0.1, -0.05) is 82.5 Å². The van der Waals surface area contributed by atoms with E-state index in [0.717, 1.165) is 69.3 Å². The molecule has 0 heterocycles. The van der Waals surface area contributed by atoms with E-state index in [1.165, 1.54) is 44.0 Å². The van der Waals surface area contributed by atoms with Gasteiger partial charge in [0.15, 0.2) is 0 Å². The van der Waals surface area contributed by atoms with E-state index in [1.807, 2.05) is 12.1 Å². The average molecular weight is 537 g/mol. The number of carbonyl (C=O) groups is 1. The number of hydrogen-bond acceptors (Lipinski definition) is 2. The Morgan fingerprint density at radius 3 is 2.27 bits per heavy atom. The molecule has 0 spiro atoms. The number of fused-ring (bicyclic) bond motifs is 2. The topological polar surface area (TPSA) is 32.3 Å². The quantitative estimate of drug-likeness (QED) is 0.207. The van der Waals surface area contributed by atoms with Crippen molar-refractivity contribution in [1.29, 1.82) is 0 Å². The molecule has 212 valence electrons. The highest BCUT2D eigenvalue weighted by Gasteiger charge is 2.21. The van der Waals surface area contributed by atoms with Gasteiger partial charge >= 0.3 is 0 Å². The third-order valence-corrected chi connectivity index (χ3v) is 8.91. The Labute approximate surface area is 242 Å². The first-order valence-corrected chi connectivity index (χ1v) is 15.6. The maximum Gasteiger partial charge on any atom is 0.251 e. The van der Waals surface area contributed by atoms with Gasteiger partial charge in [0.1, 0.15) is 0 Å². The van der Waals surface area contributed by atoms with Gasteiger partial charge in [-0.2, -0.15) is 0 Å². The summed E-state index contributed by atoms with van der Waals surface area (Å²) in [6, 6.07) is 22.2. The standard InChI is InChI=1S/C37H48N2O/c1-7-26(8-2)20-21-38-37(40)30-15-13-14-29(23-30)36-34-18-16-28(27(9-3)10-4)22-31(34)24-32-25-33(17-19-35(32)36)39(11-5)12-6/h13-19,22-23,25-26H,7-12,20-21,24H2,1-6H3,(H,38,40). The molecule has 4 rings (SSSR count). The summed E-state index contributed by atoms with van der Waals surface area (Å²) in [5.41, 5.74) is 9.85. The number of carbonyl (C=O) groups excluding carboxylic acids is 1. The molecule has 0 saturated carbocycles. The summed E-state index contributed by atoms with van der Waals surface area (Å²) < 4.78 is 0. The molecule has 0 radical (unpaired) electrons. The third kappa shape index (κ3) is 6.35. The van der Waals surface area contributed by atoms with Crippen molar-refractivity contribution in [3.63, 3.8) is 0 Å². The van der Waals surface area contributed by atoms with Crippen molar-refractivity contribution in [3.8, 4) is 0 Å². The largest absolute Gasteiger partial charge is 0.372 e. The lowest BCUT2D eigenvalue weighted by atomic mass is 9.82. The number of nitrogens with zero attached hydrogens (tertiary/aromatic N) is 1. The fourth-order valence-electron chi connectivity index (χ4n) is 6.28. The summed E-state index contributed by atoms with van der Waals surface area (Å²) in [5.74, 6) is 0.684. The summed E-state index contributed by atoms with van der Waals surface area (Å²) in [7, 11) is 0. The van der Waals surface area contributed by atoms with Crippen molar-refractivity contribution in [2.24, 2.45) is 5.92 Å². The third-order valence-electron chi connectivity index (χ3n) is 8.91. The highest BCUT2D eigenvalue weighted by Crippen LogP contribution is 2.32. The highest BCUT2D eigenvalue weighted by molar-refractivity contribution is 5.96. The molecule has 0 saturated heterocycles. The Bertz CT molecular complexity index is 1440. The molecule has 0 atom stereocenters. The van der Waals surface area contributed by atoms with E-state index in [2.05, 4.69) is 100 Å². The lowest BCUT2D eigenvalue weighted by Gasteiger charge is -2.26. The van der Waals surface area contributed by atoms with Crippen LogP contribution in [0, 0.1) is 5.92 Å². The van der Waals surface area contributed by atoms with Crippen LogP contribution in [-0.2, 0) is 6.42 Å². The number of benzene rings is 3. The van der Waals surface area contributed by atoms with Crippen LogP contribution < -0.4 is 20.7 Å². The van der Waals surface area contributed by atoms with E-state index >= 15 is 0 Å². The molecule has 3 nitrogen and oxygen atoms in total. The van der Waals surface area contributed by atoms with Crippen molar-refractivity contribution in [2.75, 3.05) is 24.5 Å². The molecule has 1 aliphatic carbocycles. The second-order valence-electron chi connectivity index (χ2n) is 11.1. The molecule has 3 aromatic carbocycles. The maximum absolute atomic E-state index is 13.2. The fourth-order valence-corrected chi connectivity index (χ4v) is 6.28. The van der Waals surface area contributed by atoms with Crippen LogP contribution in [0.25, 0.3) is 11.1 Å². The van der Waals surface area contributed by atoms with Crippen molar-refractivity contribution < 1.29 is 4.79 Å². The second-order valence-corrected chi connectivity index (χ2v) is 11.1. The molecular formula is C37H48N2O. The summed E-state index contributed by atoms with van der Waals surface area (Å²) in [6.45, 7) is 16.1. The first-order valence-electron chi connectivity index (χ1n) is 15.6. The van der Waals surface area contributed by atoms with Crippen LogP contribution in [0.5, 0.6) is 0 Å². The van der Waals surface area contributed by atoms with Gasteiger partial charge in [0.2, 0.25) is 0 Å². The van der Waals surface area contributed by atoms with Gasteiger partial charge in [-0.15, -0.1) is 0 Å². The van der Waals surface area contributed by atoms with Gasteiger partial charge in [-0.05, 0) is 108 Å². The molecular weight excluding hydrogens is 488 g/mol. The summed E-state index contributed by atoms with van der Waals surface area (Å²) in [4.78, 5) is 15.6. The minimum atomic E-state index is 0.0158. The molecule has 0 fully saturated rings. The highest BCUT2D eigenvalue weighted by atomic mass is 16.1. The van der Waals surface area contributed by atoms with Gasteiger partial charge < -0.3 is 10.2 Å². The van der Waals surface area contributed by atoms with Gasteiger partial charge in [-0.3, -0.25) is 4.79 Å². The smallest absolute Gasteiger partial charge is 0.251 e. The minimum Gasteiger partial charge on any atom is -0.372 e. The SMILES string of the molecule is CCC(CC)=c1ccc2c(c1)Cc1cc(N(CC)CC)ccc1C=2c1cccc(C(=O)NCCC(CC)CC)c1. The van der Waals surface area contributed by atoms with E-state index < -0.39 is 0 Å². The normalized spacial score (nSPS) is 12.2. The monoisotopic (exact) mass is 536 g/mol. The van der Waals surface area contributed by atoms with Crippen molar-refractivity contribution in [1.82, 2.24) is 5.32 Å². The van der Waals surface area contributed by atoms with E-state index in [9.17, 15) is 4.79 Å². The summed E-state index contributed by atoms with van der Waals surface area (Å²) in [5, 5.41) is 5.82. The van der Waals surface area contributed by atoms with Gasteiger partial charge in [-0.25, -0.2) is 0 Å². The fraction of sp³-hybridized carbons (Fsp3) is 0.432. The number of amides is 1. The molecule has 3 aromatic rings. The zero-order valence-electron chi connectivity index (χ0n) is 25.6. The van der Waals surface area contributed by atoms with E-state index in [1.54, 1.807) is 0 Å². The lowest BCUT2D eigenvalue weighted by molar-refractivity contribution is 0.0951. The lowest BCUT2D eigenvalue weighted by Crippen LogP contribution is -2.27. The van der Waals surface area contributed by atoms with E-state index in [-0.39, 0.29) is 5.91 Å². The van der Waals surface area contributed by atoms with Crippen LogP contribution in [-0.4, -0.2) is 25.5 Å². The Morgan fingerprint density at radius 2 is 1.60 bits per heavy atom. The van der Waals surface area contributed by atoms with Crippen LogP contribution >= 0.6 is 0 Å². The van der Waals surface area contributed by atoms with E-state index in [0.29, 0.717) is 5.92 Å². The molecule has 3 heteroatoms. The van der Waals surface area contributed by atoms with Crippen molar-refractivity contribution in [3.05, 3.63) is 98.9 Å². The minimum absolute atomic E-state index is 0.0158. The Morgan fingerprint density at radius 1 is 0.850 bits per heavy atom. The predicted molar refractivity (Wildman–Crippen MR) is 172 cm³/mol. The Balaban J connectivity index is 1.82. The number of anilines is 1. The molecule has 1 aliphatic rings.